The fraction of sp³-hybridized carbons (Fsp3) is 0.556. The molecule has 3 rings (SSSR count). The summed E-state index contributed by atoms with van der Waals surface area (Å²) < 4.78 is 16.1. The zero-order valence-electron chi connectivity index (χ0n) is 14.5. The van der Waals surface area contributed by atoms with Crippen molar-refractivity contribution in [3.63, 3.8) is 0 Å². The van der Waals surface area contributed by atoms with Crippen LogP contribution in [-0.4, -0.2) is 44.8 Å². The molecule has 1 saturated heterocycles. The van der Waals surface area contributed by atoms with Crippen LogP contribution in [0.3, 0.4) is 0 Å². The average Bonchev–Trinajstić information content (AvgIpc) is 3.13. The number of methoxy groups -OCH3 is 2. The van der Waals surface area contributed by atoms with Crippen LogP contribution in [-0.2, 0) is 14.3 Å². The number of hydrogen-bond donors (Lipinski definition) is 2. The molecule has 7 heteroatoms. The summed E-state index contributed by atoms with van der Waals surface area (Å²) in [7, 11) is 3.10. The Hall–Kier alpha value is -2.28. The lowest BCUT2D eigenvalue weighted by atomic mass is 9.98. The zero-order valence-corrected chi connectivity index (χ0v) is 14.5. The van der Waals surface area contributed by atoms with E-state index in [1.54, 1.807) is 32.4 Å². The SMILES string of the molecule is COc1ccc([C@H]2NC(=O)CO[C@@H]2C(=O)NC2CCCC2)cc1OC. The summed E-state index contributed by atoms with van der Waals surface area (Å²) in [6, 6.07) is 4.94. The minimum atomic E-state index is -0.767. The Morgan fingerprint density at radius 2 is 1.92 bits per heavy atom. The number of morpholine rings is 1. The van der Waals surface area contributed by atoms with E-state index in [0.29, 0.717) is 11.5 Å². The van der Waals surface area contributed by atoms with E-state index in [0.717, 1.165) is 31.2 Å². The molecular formula is C18H24N2O5. The van der Waals surface area contributed by atoms with Gasteiger partial charge in [-0.05, 0) is 30.5 Å². The molecule has 25 heavy (non-hydrogen) atoms. The third-order valence-corrected chi connectivity index (χ3v) is 4.74. The predicted molar refractivity (Wildman–Crippen MR) is 90.6 cm³/mol. The lowest BCUT2D eigenvalue weighted by Crippen LogP contribution is -2.53. The summed E-state index contributed by atoms with van der Waals surface area (Å²) in [5.41, 5.74) is 0.734. The Kier molecular flexibility index (Phi) is 5.43. The van der Waals surface area contributed by atoms with Gasteiger partial charge in [0.1, 0.15) is 6.61 Å². The minimum absolute atomic E-state index is 0.119. The Bertz CT molecular complexity index is 642. The first kappa shape index (κ1) is 17.5. The lowest BCUT2D eigenvalue weighted by Gasteiger charge is -2.32. The van der Waals surface area contributed by atoms with Gasteiger partial charge in [-0.15, -0.1) is 0 Å². The van der Waals surface area contributed by atoms with Gasteiger partial charge in [0, 0.05) is 6.04 Å². The van der Waals surface area contributed by atoms with Gasteiger partial charge in [-0.3, -0.25) is 9.59 Å². The number of benzene rings is 1. The number of carbonyl (C=O) groups excluding carboxylic acids is 2. The molecule has 1 aromatic rings. The van der Waals surface area contributed by atoms with Gasteiger partial charge in [-0.1, -0.05) is 18.9 Å². The van der Waals surface area contributed by atoms with Crippen LogP contribution in [0.2, 0.25) is 0 Å². The van der Waals surface area contributed by atoms with Crippen LogP contribution in [0.4, 0.5) is 0 Å². The molecule has 2 aliphatic rings. The lowest BCUT2D eigenvalue weighted by molar-refractivity contribution is -0.148. The van der Waals surface area contributed by atoms with Crippen molar-refractivity contribution < 1.29 is 23.8 Å². The summed E-state index contributed by atoms with van der Waals surface area (Å²) in [4.78, 5) is 24.5. The zero-order chi connectivity index (χ0) is 17.8. The van der Waals surface area contributed by atoms with Gasteiger partial charge in [0.25, 0.3) is 5.91 Å². The maximum atomic E-state index is 12.7. The highest BCUT2D eigenvalue weighted by Gasteiger charge is 2.37. The summed E-state index contributed by atoms with van der Waals surface area (Å²) in [6.07, 6.45) is 3.48. The second-order valence-corrected chi connectivity index (χ2v) is 6.38. The minimum Gasteiger partial charge on any atom is -0.493 e. The molecule has 2 amide bonds. The van der Waals surface area contributed by atoms with E-state index < -0.39 is 12.1 Å². The van der Waals surface area contributed by atoms with Crippen LogP contribution < -0.4 is 20.1 Å². The number of nitrogens with one attached hydrogen (secondary N) is 2. The van der Waals surface area contributed by atoms with Crippen molar-refractivity contribution >= 4 is 11.8 Å². The third kappa shape index (κ3) is 3.87. The Morgan fingerprint density at radius 1 is 1.20 bits per heavy atom. The highest BCUT2D eigenvalue weighted by molar-refractivity contribution is 5.86. The second kappa shape index (κ2) is 7.74. The number of ether oxygens (including phenoxy) is 3. The molecule has 0 aromatic heterocycles. The molecule has 1 saturated carbocycles. The van der Waals surface area contributed by atoms with Crippen molar-refractivity contribution in [3.05, 3.63) is 23.8 Å². The summed E-state index contributed by atoms with van der Waals surface area (Å²) in [6.45, 7) is -0.119. The van der Waals surface area contributed by atoms with E-state index in [4.69, 9.17) is 14.2 Å². The van der Waals surface area contributed by atoms with Crippen LogP contribution in [0.25, 0.3) is 0 Å². The van der Waals surface area contributed by atoms with Crippen LogP contribution >= 0.6 is 0 Å². The molecule has 1 heterocycles. The molecule has 1 aromatic carbocycles. The summed E-state index contributed by atoms with van der Waals surface area (Å²) in [5.74, 6) is 0.687. The molecule has 0 spiro atoms. The summed E-state index contributed by atoms with van der Waals surface area (Å²) in [5, 5.41) is 5.90. The van der Waals surface area contributed by atoms with Crippen molar-refractivity contribution in [1.29, 1.82) is 0 Å². The van der Waals surface area contributed by atoms with Crippen molar-refractivity contribution in [3.8, 4) is 11.5 Å². The van der Waals surface area contributed by atoms with Gasteiger partial charge in [-0.25, -0.2) is 0 Å². The molecule has 136 valence electrons. The number of hydrogen-bond acceptors (Lipinski definition) is 5. The Labute approximate surface area is 147 Å². The molecule has 0 bridgehead atoms. The van der Waals surface area contributed by atoms with E-state index in [1.165, 1.54) is 0 Å². The van der Waals surface area contributed by atoms with Gasteiger partial charge < -0.3 is 24.8 Å². The molecule has 2 atom stereocenters. The van der Waals surface area contributed by atoms with Crippen molar-refractivity contribution in [2.24, 2.45) is 0 Å². The molecule has 1 aliphatic heterocycles. The van der Waals surface area contributed by atoms with Gasteiger partial charge in [0.2, 0.25) is 5.91 Å². The first-order valence-electron chi connectivity index (χ1n) is 8.55. The number of carbonyl (C=O) groups is 2. The fourth-order valence-electron chi connectivity index (χ4n) is 3.44. The molecule has 1 aliphatic carbocycles. The van der Waals surface area contributed by atoms with Crippen molar-refractivity contribution in [2.45, 2.75) is 43.9 Å². The average molecular weight is 348 g/mol. The third-order valence-electron chi connectivity index (χ3n) is 4.74. The van der Waals surface area contributed by atoms with Crippen LogP contribution in [0, 0.1) is 0 Å². The highest BCUT2D eigenvalue weighted by Crippen LogP contribution is 2.32. The first-order valence-corrected chi connectivity index (χ1v) is 8.55. The van der Waals surface area contributed by atoms with Crippen LogP contribution in [0.5, 0.6) is 11.5 Å². The molecule has 7 nitrogen and oxygen atoms in total. The van der Waals surface area contributed by atoms with E-state index in [2.05, 4.69) is 10.6 Å². The van der Waals surface area contributed by atoms with E-state index in [-0.39, 0.29) is 24.5 Å². The van der Waals surface area contributed by atoms with Crippen molar-refractivity contribution in [1.82, 2.24) is 10.6 Å². The molecule has 2 fully saturated rings. The van der Waals surface area contributed by atoms with Crippen LogP contribution in [0.1, 0.15) is 37.3 Å². The largest absolute Gasteiger partial charge is 0.493 e. The van der Waals surface area contributed by atoms with Crippen LogP contribution in [0.15, 0.2) is 18.2 Å². The highest BCUT2D eigenvalue weighted by atomic mass is 16.5. The molecule has 0 radical (unpaired) electrons. The second-order valence-electron chi connectivity index (χ2n) is 6.38. The summed E-state index contributed by atoms with van der Waals surface area (Å²) >= 11 is 0. The van der Waals surface area contributed by atoms with E-state index in [9.17, 15) is 9.59 Å². The van der Waals surface area contributed by atoms with E-state index >= 15 is 0 Å². The standard InChI is InChI=1S/C18H24N2O5/c1-23-13-8-7-11(9-14(13)24-2)16-17(25-10-15(21)20-16)18(22)19-12-5-3-4-6-12/h7-9,12,16-17H,3-6,10H2,1-2H3,(H,19,22)(H,20,21)/t16-,17+/m1/s1. The Morgan fingerprint density at radius 3 is 2.60 bits per heavy atom. The maximum Gasteiger partial charge on any atom is 0.251 e. The quantitative estimate of drug-likeness (QED) is 0.838. The number of rotatable bonds is 5. The predicted octanol–water partition coefficient (Wildman–Crippen LogP) is 1.32. The van der Waals surface area contributed by atoms with Gasteiger partial charge in [-0.2, -0.15) is 0 Å². The topological polar surface area (TPSA) is 85.9 Å². The first-order chi connectivity index (χ1) is 12.1. The number of amides is 2. The van der Waals surface area contributed by atoms with E-state index in [1.807, 2.05) is 0 Å². The monoisotopic (exact) mass is 348 g/mol. The van der Waals surface area contributed by atoms with Gasteiger partial charge in [0.15, 0.2) is 17.6 Å². The van der Waals surface area contributed by atoms with Gasteiger partial charge in [0.05, 0.1) is 20.3 Å². The molecular weight excluding hydrogens is 324 g/mol. The molecule has 2 N–H and O–H groups in total. The maximum absolute atomic E-state index is 12.7. The molecule has 0 unspecified atom stereocenters. The van der Waals surface area contributed by atoms with Crippen molar-refractivity contribution in [2.75, 3.05) is 20.8 Å². The fourth-order valence-corrected chi connectivity index (χ4v) is 3.44. The van der Waals surface area contributed by atoms with Gasteiger partial charge >= 0.3 is 0 Å². The smallest absolute Gasteiger partial charge is 0.251 e. The Balaban J connectivity index is 1.82. The normalized spacial score (nSPS) is 23.8.